The van der Waals surface area contributed by atoms with Gasteiger partial charge in [0.1, 0.15) is 23.5 Å². The minimum absolute atomic E-state index is 0.152. The van der Waals surface area contributed by atoms with E-state index in [4.69, 9.17) is 21.1 Å². The van der Waals surface area contributed by atoms with Crippen molar-refractivity contribution in [3.63, 3.8) is 0 Å². The number of carbonyl (C=O) groups is 1. The van der Waals surface area contributed by atoms with Crippen LogP contribution in [-0.4, -0.2) is 37.8 Å². The molecule has 1 aliphatic rings. The highest BCUT2D eigenvalue weighted by Crippen LogP contribution is 2.44. The number of aldehydes is 1. The van der Waals surface area contributed by atoms with Gasteiger partial charge >= 0.3 is 6.36 Å². The van der Waals surface area contributed by atoms with Gasteiger partial charge in [0.15, 0.2) is 0 Å². The first kappa shape index (κ1) is 23.2. The van der Waals surface area contributed by atoms with E-state index < -0.39 is 12.1 Å². The number of ether oxygens (including phenoxy) is 3. The lowest BCUT2D eigenvalue weighted by Crippen LogP contribution is -2.42. The maximum absolute atomic E-state index is 12.5. The van der Waals surface area contributed by atoms with Crippen LogP contribution in [0.15, 0.2) is 36.4 Å². The van der Waals surface area contributed by atoms with Crippen molar-refractivity contribution in [1.29, 1.82) is 0 Å². The van der Waals surface area contributed by atoms with Gasteiger partial charge in [-0.1, -0.05) is 23.7 Å². The van der Waals surface area contributed by atoms with Crippen LogP contribution in [0.2, 0.25) is 5.02 Å². The number of hydrogen-bond acceptors (Lipinski definition) is 5. The number of carbonyl (C=O) groups excluding carboxylic acids is 1. The molecule has 0 spiro atoms. The van der Waals surface area contributed by atoms with Crippen LogP contribution in [0, 0.1) is 0 Å². The van der Waals surface area contributed by atoms with Gasteiger partial charge in [-0.15, -0.1) is 13.2 Å². The maximum Gasteiger partial charge on any atom is 0.573 e. The molecular formula is C22H23ClF3NO4. The molecule has 1 heterocycles. The molecule has 0 bridgehead atoms. The van der Waals surface area contributed by atoms with Crippen molar-refractivity contribution in [3.8, 4) is 17.2 Å². The van der Waals surface area contributed by atoms with Gasteiger partial charge in [-0.2, -0.15) is 0 Å². The number of benzene rings is 2. The highest BCUT2D eigenvalue weighted by Gasteiger charge is 2.35. The van der Waals surface area contributed by atoms with E-state index in [9.17, 15) is 18.0 Å². The van der Waals surface area contributed by atoms with E-state index in [0.717, 1.165) is 24.7 Å². The Morgan fingerprint density at radius 1 is 1.10 bits per heavy atom. The van der Waals surface area contributed by atoms with Crippen LogP contribution in [0.3, 0.4) is 0 Å². The van der Waals surface area contributed by atoms with Crippen molar-refractivity contribution in [2.24, 2.45) is 0 Å². The number of alkyl halides is 3. The number of rotatable bonds is 7. The summed E-state index contributed by atoms with van der Waals surface area (Å²) in [4.78, 5) is 13.9. The molecule has 2 aromatic carbocycles. The Bertz CT molecular complexity index is 900. The topological polar surface area (TPSA) is 48.0 Å². The number of methoxy groups -OCH3 is 2. The van der Waals surface area contributed by atoms with Gasteiger partial charge in [-0.25, -0.2) is 0 Å². The Morgan fingerprint density at radius 3 is 2.32 bits per heavy atom. The fourth-order valence-electron chi connectivity index (χ4n) is 4.04. The summed E-state index contributed by atoms with van der Waals surface area (Å²) < 4.78 is 52.6. The summed E-state index contributed by atoms with van der Waals surface area (Å²) in [5.41, 5.74) is 1.49. The second-order valence-electron chi connectivity index (χ2n) is 7.21. The molecule has 3 rings (SSSR count). The molecular weight excluding hydrogens is 435 g/mol. The molecule has 2 unspecified atom stereocenters. The molecule has 9 heteroatoms. The van der Waals surface area contributed by atoms with Crippen molar-refractivity contribution in [1.82, 2.24) is 4.90 Å². The summed E-state index contributed by atoms with van der Waals surface area (Å²) in [5, 5.41) is -0.152. The van der Waals surface area contributed by atoms with Crippen molar-refractivity contribution in [3.05, 3.63) is 52.5 Å². The lowest BCUT2D eigenvalue weighted by Gasteiger charge is -2.41. The van der Waals surface area contributed by atoms with Crippen LogP contribution in [0.1, 0.15) is 36.4 Å². The summed E-state index contributed by atoms with van der Waals surface area (Å²) in [7, 11) is 3.14. The fourth-order valence-corrected chi connectivity index (χ4v) is 4.28. The molecule has 2 aromatic rings. The number of likely N-dealkylation sites (tertiary alicyclic amines) is 1. The molecule has 0 amide bonds. The van der Waals surface area contributed by atoms with Gasteiger partial charge in [0, 0.05) is 12.6 Å². The Kier molecular flexibility index (Phi) is 7.33. The summed E-state index contributed by atoms with van der Waals surface area (Å²) in [5.74, 6) is 0.826. The number of nitrogens with zero attached hydrogens (tertiary/aromatic N) is 1. The van der Waals surface area contributed by atoms with Crippen molar-refractivity contribution >= 4 is 17.9 Å². The zero-order valence-electron chi connectivity index (χ0n) is 17.1. The molecule has 1 fully saturated rings. The summed E-state index contributed by atoms with van der Waals surface area (Å²) in [6.45, 7) is 0.307. The molecule has 1 aliphatic heterocycles. The summed E-state index contributed by atoms with van der Waals surface area (Å²) >= 11 is 6.02. The Morgan fingerprint density at radius 2 is 1.77 bits per heavy atom. The van der Waals surface area contributed by atoms with E-state index in [1.165, 1.54) is 18.2 Å². The van der Waals surface area contributed by atoms with E-state index in [-0.39, 0.29) is 17.1 Å². The number of hydrogen-bond donors (Lipinski definition) is 0. The molecule has 168 valence electrons. The van der Waals surface area contributed by atoms with Crippen LogP contribution in [0.25, 0.3) is 0 Å². The molecule has 31 heavy (non-hydrogen) atoms. The summed E-state index contributed by atoms with van der Waals surface area (Å²) in [6.07, 6.45) is -1.64. The van der Waals surface area contributed by atoms with E-state index in [1.54, 1.807) is 14.2 Å². The highest BCUT2D eigenvalue weighted by molar-refractivity contribution is 6.32. The molecule has 2 atom stereocenters. The molecule has 0 N–H and O–H groups in total. The zero-order chi connectivity index (χ0) is 22.6. The quantitative estimate of drug-likeness (QED) is 0.510. The Balaban J connectivity index is 1.95. The van der Waals surface area contributed by atoms with Crippen LogP contribution in [0.5, 0.6) is 17.2 Å². The average Bonchev–Trinajstić information content (AvgIpc) is 2.74. The number of piperidine rings is 1. The van der Waals surface area contributed by atoms with Crippen LogP contribution >= 0.6 is 11.6 Å². The average molecular weight is 458 g/mol. The molecule has 0 radical (unpaired) electrons. The molecule has 0 aromatic heterocycles. The predicted octanol–water partition coefficient (Wildman–Crippen LogP) is 5.55. The van der Waals surface area contributed by atoms with Gasteiger partial charge in [0.05, 0.1) is 30.8 Å². The first-order chi connectivity index (χ1) is 14.8. The molecule has 0 aliphatic carbocycles. The largest absolute Gasteiger partial charge is 0.573 e. The van der Waals surface area contributed by atoms with Gasteiger partial charge in [-0.05, 0) is 49.1 Å². The SMILES string of the molecule is COc1cccc(OC)c1C1CCCC(C=O)N1Cc1ccc(OC(F)(F)F)c(Cl)c1. The van der Waals surface area contributed by atoms with Crippen LogP contribution < -0.4 is 14.2 Å². The van der Waals surface area contributed by atoms with Gasteiger partial charge < -0.3 is 19.0 Å². The minimum atomic E-state index is -4.83. The molecule has 5 nitrogen and oxygen atoms in total. The van der Waals surface area contributed by atoms with Gasteiger partial charge in [0.2, 0.25) is 0 Å². The van der Waals surface area contributed by atoms with Crippen molar-refractivity contribution < 1.29 is 32.2 Å². The Labute approximate surface area is 183 Å². The van der Waals surface area contributed by atoms with Crippen molar-refractivity contribution in [2.45, 2.75) is 44.3 Å². The van der Waals surface area contributed by atoms with Gasteiger partial charge in [0.25, 0.3) is 0 Å². The fraction of sp³-hybridized carbons (Fsp3) is 0.409. The normalized spacial score (nSPS) is 19.7. The lowest BCUT2D eigenvalue weighted by atomic mass is 9.89. The third kappa shape index (κ3) is 5.43. The van der Waals surface area contributed by atoms with Gasteiger partial charge in [-0.3, -0.25) is 4.90 Å². The standard InChI is InChI=1S/C22H23ClF3NO4/c1-29-19-7-4-8-20(30-2)21(19)17-6-3-5-15(13-28)27(17)12-14-9-10-18(16(23)11-14)31-22(24,25)26/h4,7-11,13,15,17H,3,5-6,12H2,1-2H3. The lowest BCUT2D eigenvalue weighted by molar-refractivity contribution is -0.274. The van der Waals surface area contributed by atoms with E-state index in [2.05, 4.69) is 4.74 Å². The minimum Gasteiger partial charge on any atom is -0.496 e. The second kappa shape index (κ2) is 9.78. The number of halogens is 4. The Hall–Kier alpha value is -2.45. The third-order valence-electron chi connectivity index (χ3n) is 5.35. The molecule has 0 saturated carbocycles. The zero-order valence-corrected chi connectivity index (χ0v) is 17.9. The first-order valence-electron chi connectivity index (χ1n) is 9.73. The van der Waals surface area contributed by atoms with Crippen LogP contribution in [0.4, 0.5) is 13.2 Å². The monoisotopic (exact) mass is 457 g/mol. The second-order valence-corrected chi connectivity index (χ2v) is 7.62. The molecule has 1 saturated heterocycles. The third-order valence-corrected chi connectivity index (χ3v) is 5.64. The smallest absolute Gasteiger partial charge is 0.496 e. The van der Waals surface area contributed by atoms with E-state index >= 15 is 0 Å². The highest BCUT2D eigenvalue weighted by atomic mass is 35.5. The van der Waals surface area contributed by atoms with Crippen LogP contribution in [-0.2, 0) is 11.3 Å². The van der Waals surface area contributed by atoms with E-state index in [0.29, 0.717) is 30.0 Å². The maximum atomic E-state index is 12.5. The summed E-state index contributed by atoms with van der Waals surface area (Å²) in [6, 6.07) is 9.07. The van der Waals surface area contributed by atoms with Crippen molar-refractivity contribution in [2.75, 3.05) is 14.2 Å². The first-order valence-corrected chi connectivity index (χ1v) is 10.1. The van der Waals surface area contributed by atoms with E-state index in [1.807, 2.05) is 23.1 Å². The predicted molar refractivity (Wildman–Crippen MR) is 110 cm³/mol.